The summed E-state index contributed by atoms with van der Waals surface area (Å²) in [4.78, 5) is 22.5. The number of thiazole rings is 1. The molecule has 3 aromatic rings. The fourth-order valence-electron chi connectivity index (χ4n) is 4.50. The first-order valence-electron chi connectivity index (χ1n) is 11.1. The summed E-state index contributed by atoms with van der Waals surface area (Å²) in [5.41, 5.74) is 0.885. The van der Waals surface area contributed by atoms with Gasteiger partial charge >= 0.3 is 0 Å². The van der Waals surface area contributed by atoms with Gasteiger partial charge in [0.1, 0.15) is 4.21 Å². The molecule has 1 fully saturated rings. The van der Waals surface area contributed by atoms with Crippen molar-refractivity contribution in [3.05, 3.63) is 44.9 Å². The van der Waals surface area contributed by atoms with Crippen LogP contribution in [0.5, 0.6) is 0 Å². The molecule has 194 valence electrons. The molecule has 0 aliphatic carbocycles. The first-order chi connectivity index (χ1) is 16.9. The molecule has 1 amide bonds. The number of fused-ring (bicyclic) bond motifs is 2. The van der Waals surface area contributed by atoms with E-state index in [9.17, 15) is 21.6 Å². The minimum Gasteiger partial charge on any atom is -0.330 e. The lowest BCUT2D eigenvalue weighted by Gasteiger charge is -2.39. The number of benzene rings is 1. The maximum absolute atomic E-state index is 13.5. The Balaban J connectivity index is 1.42. The SMILES string of the molecule is CN1CCc2nc(C(=O)N3CCN(S(=O)(=O)c4cc5ccc(Cl)cc5s4)CC3CS(N)(=O)=O)sc2C1. The largest absolute Gasteiger partial charge is 0.330 e. The van der Waals surface area contributed by atoms with Gasteiger partial charge in [-0.2, -0.15) is 4.31 Å². The van der Waals surface area contributed by atoms with Crippen molar-refractivity contribution in [2.75, 3.05) is 39.0 Å². The number of nitrogens with two attached hydrogens (primary N) is 1. The minimum atomic E-state index is -3.99. The summed E-state index contributed by atoms with van der Waals surface area (Å²) in [6.45, 7) is 1.41. The zero-order chi connectivity index (χ0) is 25.8. The van der Waals surface area contributed by atoms with Crippen molar-refractivity contribution in [2.24, 2.45) is 5.14 Å². The molecule has 1 unspecified atom stereocenters. The van der Waals surface area contributed by atoms with E-state index in [1.165, 1.54) is 20.5 Å². The van der Waals surface area contributed by atoms with Crippen LogP contribution in [0.3, 0.4) is 0 Å². The molecule has 2 aromatic heterocycles. The molecule has 1 atom stereocenters. The van der Waals surface area contributed by atoms with E-state index in [4.69, 9.17) is 16.7 Å². The number of hydrogen-bond donors (Lipinski definition) is 1. The van der Waals surface area contributed by atoms with Gasteiger partial charge in [0.15, 0.2) is 5.01 Å². The van der Waals surface area contributed by atoms with Crippen LogP contribution < -0.4 is 5.14 Å². The molecule has 2 aliphatic rings. The van der Waals surface area contributed by atoms with Crippen LogP contribution in [-0.4, -0.2) is 86.9 Å². The van der Waals surface area contributed by atoms with Crippen LogP contribution >= 0.6 is 34.3 Å². The number of sulfonamides is 2. The van der Waals surface area contributed by atoms with Crippen LogP contribution in [0, 0.1) is 0 Å². The fourth-order valence-corrected chi connectivity index (χ4v) is 9.76. The summed E-state index contributed by atoms with van der Waals surface area (Å²) >= 11 is 8.44. The number of piperazine rings is 1. The Kier molecular flexibility index (Phi) is 6.91. The first kappa shape index (κ1) is 26.0. The summed E-state index contributed by atoms with van der Waals surface area (Å²) in [7, 11) is -5.93. The molecule has 10 nitrogen and oxygen atoms in total. The summed E-state index contributed by atoms with van der Waals surface area (Å²) in [6, 6.07) is 5.78. The van der Waals surface area contributed by atoms with Crippen molar-refractivity contribution in [1.82, 2.24) is 19.1 Å². The maximum atomic E-state index is 13.5. The van der Waals surface area contributed by atoms with Gasteiger partial charge in [-0.05, 0) is 30.6 Å². The Hall–Kier alpha value is -1.65. The summed E-state index contributed by atoms with van der Waals surface area (Å²) in [6.07, 6.45) is 0.739. The van der Waals surface area contributed by atoms with Crippen molar-refractivity contribution in [1.29, 1.82) is 0 Å². The van der Waals surface area contributed by atoms with E-state index in [1.54, 1.807) is 24.3 Å². The normalized spacial score (nSPS) is 20.1. The molecule has 2 aliphatic heterocycles. The Morgan fingerprint density at radius 3 is 2.69 bits per heavy atom. The molecule has 4 heterocycles. The number of halogens is 1. The van der Waals surface area contributed by atoms with Crippen molar-refractivity contribution in [3.8, 4) is 0 Å². The standard InChI is InChI=1S/C21H24ClN5O5S4/c1-25-5-4-16-18(11-25)34-20(24-16)21(28)27-7-6-26(10-15(27)12-35(23,29)30)36(31,32)19-8-13-2-3-14(22)9-17(13)33-19/h2-3,8-9,15H,4-7,10-12H2,1H3,(H2,23,29,30). The predicted molar refractivity (Wildman–Crippen MR) is 141 cm³/mol. The van der Waals surface area contributed by atoms with Gasteiger partial charge in [0.05, 0.1) is 17.5 Å². The molecule has 1 saturated heterocycles. The molecule has 15 heteroatoms. The van der Waals surface area contributed by atoms with Crippen molar-refractivity contribution in [3.63, 3.8) is 0 Å². The quantitative estimate of drug-likeness (QED) is 0.479. The second-order valence-electron chi connectivity index (χ2n) is 8.97. The van der Waals surface area contributed by atoms with Gasteiger partial charge < -0.3 is 9.80 Å². The highest BCUT2D eigenvalue weighted by atomic mass is 35.5. The van der Waals surface area contributed by atoms with E-state index in [1.807, 2.05) is 7.05 Å². The molecule has 2 N–H and O–H groups in total. The Labute approximate surface area is 222 Å². The number of thiophene rings is 1. The second kappa shape index (κ2) is 9.58. The highest BCUT2D eigenvalue weighted by molar-refractivity contribution is 7.91. The molecular weight excluding hydrogens is 566 g/mol. The second-order valence-corrected chi connectivity index (χ2v) is 15.4. The lowest BCUT2D eigenvalue weighted by atomic mass is 10.2. The van der Waals surface area contributed by atoms with Crippen LogP contribution in [0.15, 0.2) is 28.5 Å². The van der Waals surface area contributed by atoms with Crippen LogP contribution in [0.4, 0.5) is 0 Å². The van der Waals surface area contributed by atoms with Crippen LogP contribution in [0.2, 0.25) is 5.02 Å². The fraction of sp³-hybridized carbons (Fsp3) is 0.429. The number of nitrogens with zero attached hydrogens (tertiary/aromatic N) is 4. The van der Waals surface area contributed by atoms with Gasteiger partial charge in [-0.3, -0.25) is 4.79 Å². The van der Waals surface area contributed by atoms with Gasteiger partial charge in [0, 0.05) is 53.7 Å². The highest BCUT2D eigenvalue weighted by Crippen LogP contribution is 2.34. The number of likely N-dealkylation sites (N-methyl/N-ethyl adjacent to an activating group) is 1. The highest BCUT2D eigenvalue weighted by Gasteiger charge is 2.40. The third-order valence-electron chi connectivity index (χ3n) is 6.29. The number of aromatic nitrogens is 1. The van der Waals surface area contributed by atoms with Gasteiger partial charge in [0.2, 0.25) is 10.0 Å². The predicted octanol–water partition coefficient (Wildman–Crippen LogP) is 1.80. The van der Waals surface area contributed by atoms with Crippen LogP contribution in [0.25, 0.3) is 10.1 Å². The monoisotopic (exact) mass is 589 g/mol. The molecule has 0 spiro atoms. The number of rotatable bonds is 5. The lowest BCUT2D eigenvalue weighted by Crippen LogP contribution is -2.58. The average molecular weight is 590 g/mol. The van der Waals surface area contributed by atoms with Crippen molar-refractivity contribution < 1.29 is 21.6 Å². The zero-order valence-electron chi connectivity index (χ0n) is 19.3. The van der Waals surface area contributed by atoms with Gasteiger partial charge in [-0.25, -0.2) is 27.0 Å². The van der Waals surface area contributed by atoms with Crippen LogP contribution in [-0.2, 0) is 33.0 Å². The Bertz CT molecular complexity index is 1550. The number of carbonyl (C=O) groups is 1. The van der Waals surface area contributed by atoms with Gasteiger partial charge in [0.25, 0.3) is 15.9 Å². The summed E-state index contributed by atoms with van der Waals surface area (Å²) < 4.78 is 53.1. The van der Waals surface area contributed by atoms with Crippen LogP contribution in [0.1, 0.15) is 20.4 Å². The maximum Gasteiger partial charge on any atom is 0.283 e. The average Bonchev–Trinajstić information content (AvgIpc) is 3.41. The van der Waals surface area contributed by atoms with Crippen molar-refractivity contribution >= 4 is 70.3 Å². The minimum absolute atomic E-state index is 0.0258. The summed E-state index contributed by atoms with van der Waals surface area (Å²) in [5, 5.41) is 6.87. The van der Waals surface area contributed by atoms with E-state index in [2.05, 4.69) is 9.88 Å². The molecule has 0 bridgehead atoms. The van der Waals surface area contributed by atoms with E-state index < -0.39 is 37.7 Å². The number of carbonyl (C=O) groups excluding carboxylic acids is 1. The molecule has 5 rings (SSSR count). The summed E-state index contributed by atoms with van der Waals surface area (Å²) in [5.74, 6) is -0.958. The van der Waals surface area contributed by atoms with E-state index in [-0.39, 0.29) is 28.9 Å². The van der Waals surface area contributed by atoms with Gasteiger partial charge in [-0.1, -0.05) is 17.7 Å². The van der Waals surface area contributed by atoms with E-state index >= 15 is 0 Å². The Morgan fingerprint density at radius 2 is 1.94 bits per heavy atom. The molecule has 1 aromatic carbocycles. The van der Waals surface area contributed by atoms with Crippen molar-refractivity contribution in [2.45, 2.75) is 23.2 Å². The number of primary sulfonamides is 1. The molecule has 36 heavy (non-hydrogen) atoms. The zero-order valence-corrected chi connectivity index (χ0v) is 23.3. The molecule has 0 radical (unpaired) electrons. The van der Waals surface area contributed by atoms with E-state index in [0.717, 1.165) is 45.0 Å². The topological polar surface area (TPSA) is 134 Å². The van der Waals surface area contributed by atoms with E-state index in [0.29, 0.717) is 11.6 Å². The number of hydrogen-bond acceptors (Lipinski definition) is 9. The third-order valence-corrected chi connectivity index (χ3v) is 11.9. The third kappa shape index (κ3) is 5.18. The number of amides is 1. The first-order valence-corrected chi connectivity index (χ1v) is 16.3. The Morgan fingerprint density at radius 1 is 1.17 bits per heavy atom. The molecule has 0 saturated carbocycles. The van der Waals surface area contributed by atoms with Gasteiger partial charge in [-0.15, -0.1) is 22.7 Å². The molecular formula is C21H24ClN5O5S4. The lowest BCUT2D eigenvalue weighted by molar-refractivity contribution is 0.0595. The smallest absolute Gasteiger partial charge is 0.283 e.